The number of hydrogen-bond acceptors (Lipinski definition) is 7. The van der Waals surface area contributed by atoms with Crippen molar-refractivity contribution in [1.82, 2.24) is 36.0 Å². The van der Waals surface area contributed by atoms with E-state index in [0.717, 1.165) is 4.90 Å². The molecular weight excluding hydrogens is 630 g/mol. The molecule has 4 N–H and O–H groups in total. The van der Waals surface area contributed by atoms with Crippen molar-refractivity contribution >= 4 is 41.5 Å². The van der Waals surface area contributed by atoms with E-state index in [9.17, 15) is 33.6 Å². The maximum Gasteiger partial charge on any atom is 0.327 e. The van der Waals surface area contributed by atoms with Gasteiger partial charge in [0.05, 0.1) is 18.6 Å². The van der Waals surface area contributed by atoms with Crippen LogP contribution in [0.25, 0.3) is 0 Å². The third kappa shape index (κ3) is 8.61. The summed E-state index contributed by atoms with van der Waals surface area (Å²) in [6, 6.07) is -5.00. The molecule has 0 aromatic rings. The Morgan fingerprint density at radius 3 is 2.18 bits per heavy atom. The van der Waals surface area contributed by atoms with Gasteiger partial charge < -0.3 is 31.1 Å². The predicted octanol–water partition coefficient (Wildman–Crippen LogP) is 1.26. The van der Waals surface area contributed by atoms with Gasteiger partial charge in [-0.1, -0.05) is 61.5 Å². The van der Waals surface area contributed by atoms with Gasteiger partial charge >= 0.3 is 12.1 Å². The summed E-state index contributed by atoms with van der Waals surface area (Å²) in [5, 5.41) is 10.8. The third-order valence-corrected chi connectivity index (χ3v) is 9.94. The molecule has 3 rings (SSSR count). The first-order valence-electron chi connectivity index (χ1n) is 16.7. The molecule has 1 aliphatic carbocycles. The Morgan fingerprint density at radius 1 is 1.04 bits per heavy atom. The van der Waals surface area contributed by atoms with Crippen LogP contribution >= 0.6 is 0 Å². The van der Waals surface area contributed by atoms with Crippen molar-refractivity contribution in [1.29, 1.82) is 0 Å². The fraction of sp³-hybridized carbons (Fsp3) is 0.686. The second-order valence-corrected chi connectivity index (χ2v) is 16.0. The fourth-order valence-corrected chi connectivity index (χ4v) is 6.69. The fourth-order valence-electron chi connectivity index (χ4n) is 6.69. The van der Waals surface area contributed by atoms with Crippen LogP contribution in [0.3, 0.4) is 0 Å². The zero-order valence-electron chi connectivity index (χ0n) is 30.3. The van der Waals surface area contributed by atoms with E-state index >= 15 is 0 Å². The number of nitrogens with zero attached hydrogens (tertiary/aromatic N) is 3. The van der Waals surface area contributed by atoms with Crippen LogP contribution in [0.1, 0.15) is 68.2 Å². The molecule has 0 aromatic heterocycles. The minimum atomic E-state index is -1.20. The van der Waals surface area contributed by atoms with Crippen LogP contribution in [0, 0.1) is 40.4 Å². The van der Waals surface area contributed by atoms with Gasteiger partial charge in [-0.3, -0.25) is 28.9 Å². The highest BCUT2D eigenvalue weighted by molar-refractivity contribution is 6.38. The molecule has 270 valence electrons. The number of carbonyl (C=O) groups excluding carboxylic acids is 7. The lowest BCUT2D eigenvalue weighted by atomic mass is 9.85. The summed E-state index contributed by atoms with van der Waals surface area (Å²) in [4.78, 5) is 96.3. The Balaban J connectivity index is 1.83. The summed E-state index contributed by atoms with van der Waals surface area (Å²) >= 11 is 0. The van der Waals surface area contributed by atoms with Crippen LogP contribution in [0.15, 0.2) is 12.7 Å². The highest BCUT2D eigenvalue weighted by Gasteiger charge is 2.70. The van der Waals surface area contributed by atoms with Gasteiger partial charge in [-0.05, 0) is 34.5 Å². The summed E-state index contributed by atoms with van der Waals surface area (Å²) in [6.45, 7) is 18.8. The van der Waals surface area contributed by atoms with Gasteiger partial charge in [0.1, 0.15) is 18.6 Å². The van der Waals surface area contributed by atoms with Gasteiger partial charge in [0.25, 0.3) is 5.91 Å². The van der Waals surface area contributed by atoms with Crippen LogP contribution in [-0.4, -0.2) is 114 Å². The molecule has 0 spiro atoms. The Hall–Kier alpha value is -4.41. The predicted molar refractivity (Wildman–Crippen MR) is 182 cm³/mol. The number of likely N-dealkylation sites (N-methyl/N-ethyl adjacent to an activating group) is 1. The number of carbonyl (C=O) groups is 7. The second kappa shape index (κ2) is 14.6. The number of hydrogen-bond donors (Lipinski definition) is 4. The monoisotopic (exact) mass is 683 g/mol. The standard InChI is InChI=1S/C35H53N7O7/c1-12-14-15-21(26(44)29(46)36-16-13-2)37-28(45)25-24-20(35(24,9)10)17-42(25)30(47)27(34(6,7)8)39-31(48)38-22(33(3,4)5)18-41-23(43)19-40(11)32(41)49/h1,13,20-22,24-25,27H,2,14-19H2,3-11H3,(H,36,46)(H,37,45)(H2,38,39,48)/t20-,21?,22+,24-,25?,27+/m0/s1. The van der Waals surface area contributed by atoms with Crippen LogP contribution in [0.2, 0.25) is 0 Å². The molecular formula is C35H53N7O7. The van der Waals surface area contributed by atoms with Gasteiger partial charge in [0.15, 0.2) is 0 Å². The summed E-state index contributed by atoms with van der Waals surface area (Å²) in [6.07, 6.45) is 7.02. The number of rotatable bonds is 13. The largest absolute Gasteiger partial charge is 0.346 e. The van der Waals surface area contributed by atoms with Crippen molar-refractivity contribution in [2.45, 2.75) is 92.4 Å². The van der Waals surface area contributed by atoms with E-state index < -0.39 is 70.6 Å². The lowest BCUT2D eigenvalue weighted by Crippen LogP contribution is -2.63. The summed E-state index contributed by atoms with van der Waals surface area (Å²) < 4.78 is 0. The Kier molecular flexibility index (Phi) is 11.6. The number of terminal acetylenes is 1. The molecule has 0 radical (unpaired) electrons. The minimum absolute atomic E-state index is 0.0105. The molecule has 14 heteroatoms. The van der Waals surface area contributed by atoms with E-state index in [4.69, 9.17) is 6.42 Å². The number of urea groups is 2. The van der Waals surface area contributed by atoms with Gasteiger partial charge in [-0.25, -0.2) is 9.59 Å². The quantitative estimate of drug-likeness (QED) is 0.0978. The van der Waals surface area contributed by atoms with Crippen molar-refractivity contribution in [2.75, 3.05) is 33.2 Å². The zero-order chi connectivity index (χ0) is 37.2. The normalized spacial score (nSPS) is 23.1. The molecule has 2 aliphatic heterocycles. The molecule has 6 atom stereocenters. The van der Waals surface area contributed by atoms with E-state index in [1.54, 1.807) is 20.8 Å². The summed E-state index contributed by atoms with van der Waals surface area (Å²) in [5.74, 6) is -0.910. The average molecular weight is 684 g/mol. The molecule has 0 aromatic carbocycles. The minimum Gasteiger partial charge on any atom is -0.346 e. The molecule has 8 amide bonds. The topological polar surface area (TPSA) is 177 Å². The van der Waals surface area contributed by atoms with Crippen molar-refractivity contribution in [3.63, 3.8) is 0 Å². The van der Waals surface area contributed by atoms with Crippen LogP contribution in [-0.2, 0) is 24.0 Å². The Labute approximate surface area is 289 Å². The van der Waals surface area contributed by atoms with Gasteiger partial charge in [-0.15, -0.1) is 18.9 Å². The summed E-state index contributed by atoms with van der Waals surface area (Å²) in [5.41, 5.74) is -1.62. The number of Topliss-reactive ketones (excluding diaryl/α,β-unsaturated/α-hetero) is 1. The molecule has 3 aliphatic rings. The van der Waals surface area contributed by atoms with Crippen molar-refractivity contribution in [2.24, 2.45) is 28.1 Å². The molecule has 2 unspecified atom stereocenters. The first-order valence-corrected chi connectivity index (χ1v) is 16.7. The number of imide groups is 1. The number of likely N-dealkylation sites (tertiary alicyclic amines) is 1. The number of nitrogens with one attached hydrogen (secondary N) is 4. The van der Waals surface area contributed by atoms with Crippen molar-refractivity contribution < 1.29 is 33.6 Å². The Morgan fingerprint density at radius 2 is 1.67 bits per heavy atom. The highest BCUT2D eigenvalue weighted by Crippen LogP contribution is 2.65. The first kappa shape index (κ1) is 39.0. The molecule has 14 nitrogen and oxygen atoms in total. The smallest absolute Gasteiger partial charge is 0.327 e. The zero-order valence-corrected chi connectivity index (χ0v) is 30.3. The lowest BCUT2D eigenvalue weighted by Gasteiger charge is -2.39. The van der Waals surface area contributed by atoms with Crippen LogP contribution < -0.4 is 21.3 Å². The number of ketones is 1. The first-order chi connectivity index (χ1) is 22.6. The maximum absolute atomic E-state index is 14.4. The molecule has 2 heterocycles. The van der Waals surface area contributed by atoms with E-state index in [1.807, 2.05) is 34.6 Å². The van der Waals surface area contributed by atoms with Crippen molar-refractivity contribution in [3.05, 3.63) is 12.7 Å². The van der Waals surface area contributed by atoms with Gasteiger partial charge in [0.2, 0.25) is 23.5 Å². The van der Waals surface area contributed by atoms with E-state index in [-0.39, 0.29) is 62.2 Å². The molecule has 3 fully saturated rings. The van der Waals surface area contributed by atoms with Crippen LogP contribution in [0.5, 0.6) is 0 Å². The van der Waals surface area contributed by atoms with E-state index in [1.165, 1.54) is 22.9 Å². The number of piperidine rings is 1. The summed E-state index contributed by atoms with van der Waals surface area (Å²) in [7, 11) is 1.53. The lowest BCUT2D eigenvalue weighted by molar-refractivity contribution is -0.145. The molecule has 0 bridgehead atoms. The van der Waals surface area contributed by atoms with Gasteiger partial charge in [-0.2, -0.15) is 0 Å². The molecule has 2 saturated heterocycles. The number of fused-ring (bicyclic) bond motifs is 1. The van der Waals surface area contributed by atoms with Gasteiger partial charge in [0, 0.05) is 26.6 Å². The maximum atomic E-state index is 14.4. The molecule has 49 heavy (non-hydrogen) atoms. The van der Waals surface area contributed by atoms with E-state index in [2.05, 4.69) is 33.8 Å². The van der Waals surface area contributed by atoms with Crippen molar-refractivity contribution in [3.8, 4) is 12.3 Å². The van der Waals surface area contributed by atoms with Crippen LogP contribution in [0.4, 0.5) is 9.59 Å². The Bertz CT molecular complexity index is 1420. The number of amides is 8. The molecule has 1 saturated carbocycles. The third-order valence-electron chi connectivity index (χ3n) is 9.94. The SMILES string of the molecule is C#CCCC(NC(=O)C1[C@@H]2[C@H](CN1C(=O)[C@@H](NC(=O)N[C@H](CN1C(=O)CN(C)C1=O)C(C)(C)C)C(C)(C)C)C2(C)C)C(=O)C(=O)NCC=C. The highest BCUT2D eigenvalue weighted by atomic mass is 16.2. The second-order valence-electron chi connectivity index (χ2n) is 16.0. The van der Waals surface area contributed by atoms with E-state index in [0.29, 0.717) is 0 Å². The average Bonchev–Trinajstić information content (AvgIpc) is 3.25.